The number of likely N-dealkylation sites (tertiary alicyclic amines) is 1. The fraction of sp³-hybridized carbons (Fsp3) is 0.316. The van der Waals surface area contributed by atoms with Gasteiger partial charge in [-0.3, -0.25) is 14.6 Å². The first-order valence-corrected chi connectivity index (χ1v) is 8.84. The number of nitrogens with zero attached hydrogens (tertiary/aromatic N) is 2. The summed E-state index contributed by atoms with van der Waals surface area (Å²) in [6, 6.07) is 5.63. The number of nitrogens with one attached hydrogen (secondary N) is 4. The van der Waals surface area contributed by atoms with E-state index in [0.29, 0.717) is 25.3 Å². The zero-order chi connectivity index (χ0) is 19.2. The molecule has 1 saturated heterocycles. The lowest BCUT2D eigenvalue weighted by Crippen LogP contribution is -2.57. The molecule has 8 heteroatoms. The van der Waals surface area contributed by atoms with Crippen LogP contribution in [0.4, 0.5) is 11.4 Å². The van der Waals surface area contributed by atoms with Gasteiger partial charge in [-0.05, 0) is 25.2 Å². The van der Waals surface area contributed by atoms with Gasteiger partial charge in [0.05, 0.1) is 11.7 Å². The maximum atomic E-state index is 12.1. The van der Waals surface area contributed by atoms with E-state index in [1.165, 1.54) is 0 Å². The summed E-state index contributed by atoms with van der Waals surface area (Å²) in [5.74, 6) is -0.0148. The van der Waals surface area contributed by atoms with Crippen molar-refractivity contribution < 1.29 is 4.79 Å². The SMILES string of the molecule is CNC/C=C/C(=O)N1CC(Nc2cc(-c3cc(NC)ccn3)c[nH]c2=O)C1. The minimum Gasteiger partial charge on any atom is -0.388 e. The smallest absolute Gasteiger partial charge is 0.271 e. The molecular weight excluding hydrogens is 344 g/mol. The van der Waals surface area contributed by atoms with Crippen LogP contribution in [0.3, 0.4) is 0 Å². The molecule has 0 aromatic carbocycles. The van der Waals surface area contributed by atoms with Crippen LogP contribution in [0, 0.1) is 0 Å². The van der Waals surface area contributed by atoms with Gasteiger partial charge >= 0.3 is 0 Å². The molecule has 142 valence electrons. The maximum absolute atomic E-state index is 12.1. The van der Waals surface area contributed by atoms with Gasteiger partial charge in [-0.1, -0.05) is 6.08 Å². The number of aromatic amines is 1. The van der Waals surface area contributed by atoms with E-state index in [2.05, 4.69) is 25.9 Å². The molecule has 0 unspecified atom stereocenters. The number of pyridine rings is 2. The Balaban J connectivity index is 1.65. The number of hydrogen-bond donors (Lipinski definition) is 4. The van der Waals surface area contributed by atoms with Crippen molar-refractivity contribution in [2.45, 2.75) is 6.04 Å². The van der Waals surface area contributed by atoms with Gasteiger partial charge in [0.15, 0.2) is 0 Å². The Kier molecular flexibility index (Phi) is 5.87. The van der Waals surface area contributed by atoms with Crippen LogP contribution < -0.4 is 21.5 Å². The van der Waals surface area contributed by atoms with Gasteiger partial charge in [0.2, 0.25) is 5.91 Å². The van der Waals surface area contributed by atoms with E-state index >= 15 is 0 Å². The fourth-order valence-electron chi connectivity index (χ4n) is 2.84. The Labute approximate surface area is 157 Å². The minimum absolute atomic E-state index is 0.0148. The normalized spacial score (nSPS) is 14.2. The highest BCUT2D eigenvalue weighted by Crippen LogP contribution is 2.21. The first kappa shape index (κ1) is 18.7. The Hall–Kier alpha value is -3.13. The third-order valence-corrected chi connectivity index (χ3v) is 4.38. The Morgan fingerprint density at radius 2 is 2.19 bits per heavy atom. The minimum atomic E-state index is -0.192. The number of anilines is 2. The average molecular weight is 368 g/mol. The summed E-state index contributed by atoms with van der Waals surface area (Å²) in [6.07, 6.45) is 6.74. The van der Waals surface area contributed by atoms with E-state index in [9.17, 15) is 9.59 Å². The van der Waals surface area contributed by atoms with E-state index in [1.807, 2.05) is 26.2 Å². The second kappa shape index (κ2) is 8.50. The molecule has 3 rings (SSSR count). The zero-order valence-corrected chi connectivity index (χ0v) is 15.5. The highest BCUT2D eigenvalue weighted by atomic mass is 16.2. The van der Waals surface area contributed by atoms with E-state index in [0.717, 1.165) is 16.9 Å². The molecule has 0 atom stereocenters. The van der Waals surface area contributed by atoms with Crippen LogP contribution in [0.15, 0.2) is 47.5 Å². The fourth-order valence-corrected chi connectivity index (χ4v) is 2.84. The van der Waals surface area contributed by atoms with Crippen molar-refractivity contribution in [1.29, 1.82) is 0 Å². The predicted molar refractivity (Wildman–Crippen MR) is 107 cm³/mol. The number of aromatic nitrogens is 2. The molecule has 0 aliphatic carbocycles. The predicted octanol–water partition coefficient (Wildman–Crippen LogP) is 0.877. The van der Waals surface area contributed by atoms with Crippen molar-refractivity contribution in [3.05, 3.63) is 53.1 Å². The summed E-state index contributed by atoms with van der Waals surface area (Å²) in [6.45, 7) is 1.80. The Bertz CT molecular complexity index is 886. The first-order chi connectivity index (χ1) is 13.1. The van der Waals surface area contributed by atoms with Crippen LogP contribution in [-0.2, 0) is 4.79 Å². The van der Waals surface area contributed by atoms with Crippen LogP contribution >= 0.6 is 0 Å². The van der Waals surface area contributed by atoms with Crippen molar-refractivity contribution in [1.82, 2.24) is 20.2 Å². The number of H-pyrrole nitrogens is 1. The Morgan fingerprint density at radius 3 is 2.93 bits per heavy atom. The summed E-state index contributed by atoms with van der Waals surface area (Å²) in [5, 5.41) is 9.25. The van der Waals surface area contributed by atoms with Crippen LogP contribution in [0.1, 0.15) is 0 Å². The van der Waals surface area contributed by atoms with E-state index in [1.54, 1.807) is 35.5 Å². The monoisotopic (exact) mass is 368 g/mol. The number of carbonyl (C=O) groups is 1. The lowest BCUT2D eigenvalue weighted by Gasteiger charge is -2.39. The molecule has 3 heterocycles. The number of rotatable bonds is 7. The number of likely N-dealkylation sites (N-methyl/N-ethyl adjacent to an activating group) is 1. The van der Waals surface area contributed by atoms with Gasteiger partial charge in [-0.15, -0.1) is 0 Å². The number of amides is 1. The largest absolute Gasteiger partial charge is 0.388 e. The molecule has 2 aromatic rings. The van der Waals surface area contributed by atoms with Crippen LogP contribution in [-0.4, -0.2) is 60.5 Å². The first-order valence-electron chi connectivity index (χ1n) is 8.84. The molecule has 1 aliphatic heterocycles. The summed E-state index contributed by atoms with van der Waals surface area (Å²) in [7, 11) is 3.67. The summed E-state index contributed by atoms with van der Waals surface area (Å²) < 4.78 is 0. The molecule has 4 N–H and O–H groups in total. The lowest BCUT2D eigenvalue weighted by atomic mass is 10.1. The van der Waals surface area contributed by atoms with E-state index in [-0.39, 0.29) is 17.5 Å². The summed E-state index contributed by atoms with van der Waals surface area (Å²) in [4.78, 5) is 32.9. The summed E-state index contributed by atoms with van der Waals surface area (Å²) in [5.41, 5.74) is 2.81. The highest BCUT2D eigenvalue weighted by molar-refractivity contribution is 5.88. The molecule has 27 heavy (non-hydrogen) atoms. The van der Waals surface area contributed by atoms with Crippen molar-refractivity contribution in [2.24, 2.45) is 0 Å². The molecule has 0 saturated carbocycles. The van der Waals surface area contributed by atoms with Gasteiger partial charge in [-0.25, -0.2) is 0 Å². The van der Waals surface area contributed by atoms with Crippen LogP contribution in [0.2, 0.25) is 0 Å². The highest BCUT2D eigenvalue weighted by Gasteiger charge is 2.29. The molecule has 0 spiro atoms. The quantitative estimate of drug-likeness (QED) is 0.541. The second-order valence-corrected chi connectivity index (χ2v) is 6.36. The van der Waals surface area contributed by atoms with Crippen molar-refractivity contribution >= 4 is 17.3 Å². The Morgan fingerprint density at radius 1 is 1.37 bits per heavy atom. The average Bonchev–Trinajstić information content (AvgIpc) is 2.65. The standard InChI is InChI=1S/C19H24N6O2/c1-20-6-3-4-18(26)25-11-15(12-25)24-17-8-13(10-23-19(17)27)16-9-14(21-2)5-7-22-16/h3-5,7-10,15,20,24H,6,11-12H2,1-2H3,(H,21,22)(H,23,27)/b4-3+. The number of hydrogen-bond acceptors (Lipinski definition) is 6. The molecule has 2 aromatic heterocycles. The molecule has 1 amide bonds. The van der Waals surface area contributed by atoms with Gasteiger partial charge in [-0.2, -0.15) is 0 Å². The third-order valence-electron chi connectivity index (χ3n) is 4.38. The topological polar surface area (TPSA) is 102 Å². The van der Waals surface area contributed by atoms with Crippen molar-refractivity contribution in [3.63, 3.8) is 0 Å². The van der Waals surface area contributed by atoms with Gasteiger partial charge < -0.3 is 25.8 Å². The maximum Gasteiger partial charge on any atom is 0.271 e. The van der Waals surface area contributed by atoms with Crippen LogP contribution in [0.5, 0.6) is 0 Å². The second-order valence-electron chi connectivity index (χ2n) is 6.36. The molecule has 8 nitrogen and oxygen atoms in total. The summed E-state index contributed by atoms with van der Waals surface area (Å²) >= 11 is 0. The molecule has 0 bridgehead atoms. The van der Waals surface area contributed by atoms with Gasteiger partial charge in [0, 0.05) is 56.4 Å². The zero-order valence-electron chi connectivity index (χ0n) is 15.5. The molecular formula is C19H24N6O2. The lowest BCUT2D eigenvalue weighted by molar-refractivity contribution is -0.129. The molecule has 0 radical (unpaired) electrons. The molecule has 1 fully saturated rings. The van der Waals surface area contributed by atoms with Crippen LogP contribution in [0.25, 0.3) is 11.3 Å². The number of carbonyl (C=O) groups excluding carboxylic acids is 1. The van der Waals surface area contributed by atoms with Gasteiger partial charge in [0.25, 0.3) is 5.56 Å². The van der Waals surface area contributed by atoms with Gasteiger partial charge in [0.1, 0.15) is 5.69 Å². The van der Waals surface area contributed by atoms with E-state index < -0.39 is 0 Å². The third kappa shape index (κ3) is 4.53. The van der Waals surface area contributed by atoms with Crippen molar-refractivity contribution in [3.8, 4) is 11.3 Å². The van der Waals surface area contributed by atoms with E-state index in [4.69, 9.17) is 0 Å². The van der Waals surface area contributed by atoms with Crippen molar-refractivity contribution in [2.75, 3.05) is 44.4 Å². The molecule has 1 aliphatic rings.